The molecular weight excluding hydrogens is 636 g/mol. The molecule has 0 aliphatic rings. The van der Waals surface area contributed by atoms with Gasteiger partial charge >= 0.3 is 0 Å². The van der Waals surface area contributed by atoms with E-state index in [0.717, 1.165) is 0 Å². The Hall–Kier alpha value is 0.310. The van der Waals surface area contributed by atoms with E-state index in [-0.39, 0.29) is 17.4 Å². The second kappa shape index (κ2) is 7.73. The zero-order chi connectivity index (χ0) is 16.5. The van der Waals surface area contributed by atoms with Gasteiger partial charge in [-0.2, -0.15) is 0 Å². The highest BCUT2D eigenvalue weighted by molar-refractivity contribution is 14.1. The number of hydrogen-bond acceptors (Lipinski definition) is 3. The molecular formula is C12H10ClI3N2O3. The summed E-state index contributed by atoms with van der Waals surface area (Å²) < 4.78 is 1.81. The van der Waals surface area contributed by atoms with Crippen molar-refractivity contribution in [3.05, 3.63) is 16.3 Å². The summed E-state index contributed by atoms with van der Waals surface area (Å²) in [5.74, 6) is -0.453. The molecule has 0 aliphatic carbocycles. The fourth-order valence-electron chi connectivity index (χ4n) is 1.56. The highest BCUT2D eigenvalue weighted by atomic mass is 127. The minimum atomic E-state index is -0.634. The third-order valence-corrected chi connectivity index (χ3v) is 5.97. The lowest BCUT2D eigenvalue weighted by Gasteiger charge is -2.23. The van der Waals surface area contributed by atoms with Crippen LogP contribution in [-0.4, -0.2) is 24.1 Å². The van der Waals surface area contributed by atoms with Gasteiger partial charge in [-0.3, -0.25) is 14.4 Å². The molecule has 2 amide bonds. The molecule has 0 aromatic heterocycles. The first kappa shape index (κ1) is 19.4. The molecule has 1 N–H and O–H groups in total. The quantitative estimate of drug-likeness (QED) is 0.402. The van der Waals surface area contributed by atoms with Crippen molar-refractivity contribution in [1.82, 2.24) is 0 Å². The van der Waals surface area contributed by atoms with Gasteiger partial charge in [-0.25, -0.2) is 0 Å². The summed E-state index contributed by atoms with van der Waals surface area (Å²) in [7, 11) is 1.61. The molecule has 0 spiro atoms. The Morgan fingerprint density at radius 3 is 1.95 bits per heavy atom. The lowest BCUT2D eigenvalue weighted by atomic mass is 10.1. The first-order valence-electron chi connectivity index (χ1n) is 5.51. The maximum atomic E-state index is 11.7. The van der Waals surface area contributed by atoms with Crippen molar-refractivity contribution in [3.8, 4) is 0 Å². The topological polar surface area (TPSA) is 66.5 Å². The van der Waals surface area contributed by atoms with Crippen LogP contribution < -0.4 is 10.2 Å². The molecule has 0 aliphatic heterocycles. The van der Waals surface area contributed by atoms with Gasteiger partial charge in [0.2, 0.25) is 11.8 Å². The second-order valence-corrected chi connectivity index (χ2v) is 7.65. The van der Waals surface area contributed by atoms with Crippen molar-refractivity contribution < 1.29 is 14.4 Å². The lowest BCUT2D eigenvalue weighted by molar-refractivity contribution is -0.116. The van der Waals surface area contributed by atoms with Crippen LogP contribution in [0.25, 0.3) is 0 Å². The average molecular weight is 646 g/mol. The molecule has 0 fully saturated rings. The van der Waals surface area contributed by atoms with Crippen LogP contribution in [0.3, 0.4) is 0 Å². The summed E-state index contributed by atoms with van der Waals surface area (Å²) in [4.78, 5) is 36.2. The number of nitrogens with one attached hydrogen (secondary N) is 1. The molecule has 0 unspecified atom stereocenters. The molecule has 0 bridgehead atoms. The number of halogens is 4. The minimum Gasteiger partial charge on any atom is -0.324 e. The van der Waals surface area contributed by atoms with Gasteiger partial charge in [-0.1, -0.05) is 0 Å². The van der Waals surface area contributed by atoms with E-state index in [1.807, 2.05) is 67.8 Å². The van der Waals surface area contributed by atoms with E-state index in [0.29, 0.717) is 22.1 Å². The van der Waals surface area contributed by atoms with E-state index in [4.69, 9.17) is 11.6 Å². The van der Waals surface area contributed by atoms with E-state index < -0.39 is 5.24 Å². The molecule has 0 heterocycles. The molecule has 0 saturated heterocycles. The maximum absolute atomic E-state index is 11.7. The summed E-state index contributed by atoms with van der Waals surface area (Å²) in [6.45, 7) is 2.80. The highest BCUT2D eigenvalue weighted by Gasteiger charge is 2.26. The number of nitrogens with zero attached hydrogens (tertiary/aromatic N) is 1. The third-order valence-electron chi connectivity index (χ3n) is 2.60. The minimum absolute atomic E-state index is 0.186. The van der Waals surface area contributed by atoms with Crippen LogP contribution in [0.2, 0.25) is 0 Å². The Balaban J connectivity index is 3.79. The van der Waals surface area contributed by atoms with E-state index >= 15 is 0 Å². The predicted octanol–water partition coefficient (Wildman–Crippen LogP) is 3.82. The van der Waals surface area contributed by atoms with Crippen LogP contribution >= 0.6 is 79.4 Å². The Morgan fingerprint density at radius 1 is 1.05 bits per heavy atom. The van der Waals surface area contributed by atoms with Gasteiger partial charge in [-0.05, 0) is 79.4 Å². The van der Waals surface area contributed by atoms with Crippen LogP contribution in [-0.2, 0) is 9.59 Å². The Bertz CT molecular complexity index is 649. The summed E-state index contributed by atoms with van der Waals surface area (Å²) in [6.07, 6.45) is 0. The Morgan fingerprint density at radius 2 is 1.57 bits per heavy atom. The monoisotopic (exact) mass is 646 g/mol. The van der Waals surface area contributed by atoms with Crippen LogP contribution in [0.1, 0.15) is 24.2 Å². The number of rotatable bonds is 3. The Labute approximate surface area is 168 Å². The Kier molecular flexibility index (Phi) is 7.12. The van der Waals surface area contributed by atoms with Crippen LogP contribution in [0.15, 0.2) is 0 Å². The molecule has 5 nitrogen and oxygen atoms in total. The first-order chi connectivity index (χ1) is 9.59. The SMILES string of the molecule is CC(=O)Nc1c(I)c(C(=O)Cl)c(I)c(N(C)C(C)=O)c1I. The summed E-state index contributed by atoms with van der Waals surface area (Å²) in [6, 6.07) is 0. The van der Waals surface area contributed by atoms with Crippen molar-refractivity contribution in [1.29, 1.82) is 0 Å². The number of anilines is 2. The number of benzene rings is 1. The second-order valence-electron chi connectivity index (χ2n) is 4.07. The van der Waals surface area contributed by atoms with Crippen LogP contribution in [0, 0.1) is 10.7 Å². The molecule has 114 valence electrons. The largest absolute Gasteiger partial charge is 0.324 e. The van der Waals surface area contributed by atoms with Gasteiger partial charge in [0, 0.05) is 20.9 Å². The van der Waals surface area contributed by atoms with E-state index in [2.05, 4.69) is 5.32 Å². The molecule has 1 aromatic carbocycles. The fraction of sp³-hybridized carbons (Fsp3) is 0.250. The van der Waals surface area contributed by atoms with Crippen molar-refractivity contribution in [3.63, 3.8) is 0 Å². The van der Waals surface area contributed by atoms with E-state index in [1.54, 1.807) is 7.05 Å². The van der Waals surface area contributed by atoms with E-state index in [1.165, 1.54) is 18.7 Å². The molecule has 9 heteroatoms. The van der Waals surface area contributed by atoms with Gasteiger partial charge < -0.3 is 10.2 Å². The van der Waals surface area contributed by atoms with Gasteiger partial charge in [0.15, 0.2) is 0 Å². The van der Waals surface area contributed by atoms with Crippen molar-refractivity contribution in [2.45, 2.75) is 13.8 Å². The maximum Gasteiger partial charge on any atom is 0.254 e. The summed E-state index contributed by atoms with van der Waals surface area (Å²) >= 11 is 11.7. The van der Waals surface area contributed by atoms with Gasteiger partial charge in [0.05, 0.1) is 27.6 Å². The fourth-order valence-corrected chi connectivity index (χ4v) is 6.72. The van der Waals surface area contributed by atoms with Gasteiger partial charge in [-0.15, -0.1) is 0 Å². The number of carbonyl (C=O) groups excluding carboxylic acids is 3. The van der Waals surface area contributed by atoms with Gasteiger partial charge in [0.25, 0.3) is 5.24 Å². The average Bonchev–Trinajstić information content (AvgIpc) is 2.33. The first-order valence-corrected chi connectivity index (χ1v) is 9.13. The van der Waals surface area contributed by atoms with E-state index in [9.17, 15) is 14.4 Å². The molecule has 1 aromatic rings. The van der Waals surface area contributed by atoms with Crippen molar-refractivity contribution in [2.24, 2.45) is 0 Å². The molecule has 0 radical (unpaired) electrons. The number of carbonyl (C=O) groups is 3. The van der Waals surface area contributed by atoms with Crippen molar-refractivity contribution >= 4 is 108 Å². The number of amides is 2. The normalized spacial score (nSPS) is 10.2. The molecule has 1 rings (SSSR count). The summed E-state index contributed by atoms with van der Waals surface area (Å²) in [5.41, 5.74) is 1.32. The zero-order valence-corrected chi connectivity index (χ0v) is 18.4. The molecule has 0 atom stereocenters. The molecule has 0 saturated carbocycles. The van der Waals surface area contributed by atoms with Crippen molar-refractivity contribution in [2.75, 3.05) is 17.3 Å². The highest BCUT2D eigenvalue weighted by Crippen LogP contribution is 2.40. The summed E-state index contributed by atoms with van der Waals surface area (Å²) in [5, 5.41) is 2.06. The predicted molar refractivity (Wildman–Crippen MR) is 108 cm³/mol. The third kappa shape index (κ3) is 4.19. The van der Waals surface area contributed by atoms with Crippen LogP contribution in [0.4, 0.5) is 11.4 Å². The van der Waals surface area contributed by atoms with Crippen LogP contribution in [0.5, 0.6) is 0 Å². The lowest BCUT2D eigenvalue weighted by Crippen LogP contribution is -2.26. The molecule has 21 heavy (non-hydrogen) atoms. The van der Waals surface area contributed by atoms with Gasteiger partial charge in [0.1, 0.15) is 0 Å². The zero-order valence-electron chi connectivity index (χ0n) is 11.2. The standard InChI is InChI=1S/C12H10ClI3N2O3/c1-4(19)17-10-7(14)6(12(13)21)8(15)11(9(10)16)18(3)5(2)20/h1-3H3,(H,17,19). The smallest absolute Gasteiger partial charge is 0.254 e. The number of hydrogen-bond donors (Lipinski definition) is 1.